The molecule has 0 bridgehead atoms. The summed E-state index contributed by atoms with van der Waals surface area (Å²) in [4.78, 5) is 10.8. The first-order valence-electron chi connectivity index (χ1n) is 4.42. The standard InChI is InChI=1S/C10H12ClNO2S/c1-7(10(12)13)15(14)6-8-4-2-3-5-9(8)11/h2-5,7H,6H2,1H3,(H2,12,13)/t7-,15-/m1/s1. The van der Waals surface area contributed by atoms with Crippen molar-refractivity contribution < 1.29 is 9.00 Å². The molecule has 0 fully saturated rings. The first-order chi connectivity index (χ1) is 7.02. The lowest BCUT2D eigenvalue weighted by Gasteiger charge is -2.08. The van der Waals surface area contributed by atoms with Crippen molar-refractivity contribution in [1.82, 2.24) is 0 Å². The maximum absolute atomic E-state index is 11.7. The van der Waals surface area contributed by atoms with Crippen molar-refractivity contribution in [3.05, 3.63) is 34.9 Å². The highest BCUT2D eigenvalue weighted by Crippen LogP contribution is 2.17. The summed E-state index contributed by atoms with van der Waals surface area (Å²) < 4.78 is 11.7. The minimum absolute atomic E-state index is 0.254. The molecule has 3 nitrogen and oxygen atoms in total. The number of nitrogens with two attached hydrogens (primary N) is 1. The number of hydrogen-bond donors (Lipinski definition) is 1. The molecule has 82 valence electrons. The van der Waals surface area contributed by atoms with E-state index in [0.29, 0.717) is 5.02 Å². The molecule has 0 aliphatic rings. The average molecular weight is 246 g/mol. The molecule has 5 heteroatoms. The maximum atomic E-state index is 11.7. The van der Waals surface area contributed by atoms with Gasteiger partial charge in [0.1, 0.15) is 5.25 Å². The molecule has 15 heavy (non-hydrogen) atoms. The minimum Gasteiger partial charge on any atom is -0.369 e. The van der Waals surface area contributed by atoms with Gasteiger partial charge in [0, 0.05) is 15.8 Å². The largest absolute Gasteiger partial charge is 0.369 e. The van der Waals surface area contributed by atoms with E-state index in [-0.39, 0.29) is 5.75 Å². The van der Waals surface area contributed by atoms with Gasteiger partial charge in [0.05, 0.1) is 5.75 Å². The van der Waals surface area contributed by atoms with E-state index in [1.807, 2.05) is 6.07 Å². The normalized spacial score (nSPS) is 14.5. The number of carbonyl (C=O) groups is 1. The fraction of sp³-hybridized carbons (Fsp3) is 0.300. The van der Waals surface area contributed by atoms with E-state index in [1.165, 1.54) is 0 Å². The Morgan fingerprint density at radius 1 is 1.53 bits per heavy atom. The molecule has 1 rings (SSSR count). The maximum Gasteiger partial charge on any atom is 0.232 e. The smallest absolute Gasteiger partial charge is 0.232 e. The van der Waals surface area contributed by atoms with Gasteiger partial charge in [-0.2, -0.15) is 0 Å². The Morgan fingerprint density at radius 2 is 2.13 bits per heavy atom. The van der Waals surface area contributed by atoms with Crippen LogP contribution in [0.15, 0.2) is 24.3 Å². The summed E-state index contributed by atoms with van der Waals surface area (Å²) in [6.07, 6.45) is 0. The predicted octanol–water partition coefficient (Wildman–Crippen LogP) is 1.46. The summed E-state index contributed by atoms with van der Waals surface area (Å²) in [5.74, 6) is -0.301. The number of rotatable bonds is 4. The summed E-state index contributed by atoms with van der Waals surface area (Å²) in [7, 11) is -1.32. The van der Waals surface area contributed by atoms with Crippen molar-refractivity contribution in [2.75, 3.05) is 0 Å². The van der Waals surface area contributed by atoms with E-state index >= 15 is 0 Å². The second-order valence-electron chi connectivity index (χ2n) is 3.16. The lowest BCUT2D eigenvalue weighted by molar-refractivity contribution is -0.117. The van der Waals surface area contributed by atoms with Crippen molar-refractivity contribution in [1.29, 1.82) is 0 Å². The highest BCUT2D eigenvalue weighted by atomic mass is 35.5. The van der Waals surface area contributed by atoms with E-state index < -0.39 is 22.0 Å². The second kappa shape index (κ2) is 5.28. The lowest BCUT2D eigenvalue weighted by Crippen LogP contribution is -2.30. The van der Waals surface area contributed by atoms with E-state index in [2.05, 4.69) is 0 Å². The first kappa shape index (κ1) is 12.2. The SMILES string of the molecule is C[C@H](C(N)=O)[S@](=O)Cc1ccccc1Cl. The van der Waals surface area contributed by atoms with Crippen LogP contribution in [-0.2, 0) is 21.3 Å². The lowest BCUT2D eigenvalue weighted by atomic mass is 10.2. The van der Waals surface area contributed by atoms with Gasteiger partial charge in [-0.3, -0.25) is 9.00 Å². The van der Waals surface area contributed by atoms with Crippen molar-refractivity contribution in [2.45, 2.75) is 17.9 Å². The van der Waals surface area contributed by atoms with Crippen LogP contribution in [0.2, 0.25) is 5.02 Å². The molecule has 0 spiro atoms. The number of hydrogen-bond acceptors (Lipinski definition) is 2. The second-order valence-corrected chi connectivity index (χ2v) is 5.33. The van der Waals surface area contributed by atoms with Gasteiger partial charge in [0.15, 0.2) is 0 Å². The molecule has 0 heterocycles. The van der Waals surface area contributed by atoms with Gasteiger partial charge in [-0.25, -0.2) is 0 Å². The fourth-order valence-electron chi connectivity index (χ4n) is 1.02. The van der Waals surface area contributed by atoms with E-state index in [1.54, 1.807) is 25.1 Å². The number of benzene rings is 1. The van der Waals surface area contributed by atoms with E-state index in [9.17, 15) is 9.00 Å². The summed E-state index contributed by atoms with van der Waals surface area (Å²) in [5, 5.41) is -0.0937. The predicted molar refractivity (Wildman–Crippen MR) is 62.0 cm³/mol. The monoisotopic (exact) mass is 245 g/mol. The average Bonchev–Trinajstić information content (AvgIpc) is 2.20. The van der Waals surface area contributed by atoms with Crippen LogP contribution in [0.5, 0.6) is 0 Å². The van der Waals surface area contributed by atoms with Crippen LogP contribution < -0.4 is 5.73 Å². The van der Waals surface area contributed by atoms with Crippen LogP contribution in [0, 0.1) is 0 Å². The Balaban J connectivity index is 2.75. The molecule has 0 saturated carbocycles. The van der Waals surface area contributed by atoms with Gasteiger partial charge in [0.2, 0.25) is 5.91 Å². The van der Waals surface area contributed by atoms with Crippen LogP contribution in [0.1, 0.15) is 12.5 Å². The molecule has 0 aromatic heterocycles. The van der Waals surface area contributed by atoms with Gasteiger partial charge < -0.3 is 5.73 Å². The van der Waals surface area contributed by atoms with Crippen LogP contribution in [-0.4, -0.2) is 15.4 Å². The Hall–Kier alpha value is -0.870. The molecule has 1 aromatic carbocycles. The Labute approximate surface area is 96.1 Å². The van der Waals surface area contributed by atoms with Gasteiger partial charge in [-0.15, -0.1) is 0 Å². The Kier molecular flexibility index (Phi) is 4.29. The van der Waals surface area contributed by atoms with Crippen molar-refractivity contribution in [3.8, 4) is 0 Å². The van der Waals surface area contributed by atoms with Crippen LogP contribution >= 0.6 is 11.6 Å². The number of primary amides is 1. The molecule has 0 unspecified atom stereocenters. The van der Waals surface area contributed by atoms with Gasteiger partial charge in [0.25, 0.3) is 0 Å². The van der Waals surface area contributed by atoms with Crippen LogP contribution in [0.25, 0.3) is 0 Å². The molecule has 0 aliphatic carbocycles. The number of halogens is 1. The highest BCUT2D eigenvalue weighted by Gasteiger charge is 2.17. The zero-order chi connectivity index (χ0) is 11.4. The zero-order valence-electron chi connectivity index (χ0n) is 8.27. The molecule has 1 amide bonds. The fourth-order valence-corrected chi connectivity index (χ4v) is 2.37. The molecule has 1 aromatic rings. The van der Waals surface area contributed by atoms with Crippen molar-refractivity contribution in [2.24, 2.45) is 5.73 Å². The third-order valence-electron chi connectivity index (χ3n) is 2.05. The Bertz CT molecular complexity index is 395. The Morgan fingerprint density at radius 3 is 2.67 bits per heavy atom. The zero-order valence-corrected chi connectivity index (χ0v) is 9.85. The molecule has 2 atom stereocenters. The number of amides is 1. The molecular formula is C10H12ClNO2S. The molecule has 0 radical (unpaired) electrons. The van der Waals surface area contributed by atoms with Crippen LogP contribution in [0.3, 0.4) is 0 Å². The highest BCUT2D eigenvalue weighted by molar-refractivity contribution is 7.85. The van der Waals surface area contributed by atoms with Crippen LogP contribution in [0.4, 0.5) is 0 Å². The van der Waals surface area contributed by atoms with E-state index in [4.69, 9.17) is 17.3 Å². The van der Waals surface area contributed by atoms with Gasteiger partial charge in [-0.05, 0) is 18.6 Å². The minimum atomic E-state index is -1.32. The van der Waals surface area contributed by atoms with Gasteiger partial charge >= 0.3 is 0 Å². The summed E-state index contributed by atoms with van der Waals surface area (Å²) in [6, 6.07) is 7.12. The first-order valence-corrected chi connectivity index (χ1v) is 6.18. The molecule has 0 aliphatic heterocycles. The third-order valence-corrected chi connectivity index (χ3v) is 4.04. The summed E-state index contributed by atoms with van der Waals surface area (Å²) in [6.45, 7) is 1.55. The van der Waals surface area contributed by atoms with Crippen molar-refractivity contribution >= 4 is 28.3 Å². The summed E-state index contributed by atoms with van der Waals surface area (Å²) in [5.41, 5.74) is 5.83. The number of carbonyl (C=O) groups excluding carboxylic acids is 1. The van der Waals surface area contributed by atoms with E-state index in [0.717, 1.165) is 5.56 Å². The van der Waals surface area contributed by atoms with Crippen molar-refractivity contribution in [3.63, 3.8) is 0 Å². The molecule has 0 saturated heterocycles. The molecular weight excluding hydrogens is 234 g/mol. The molecule has 2 N–H and O–H groups in total. The quantitative estimate of drug-likeness (QED) is 0.873. The summed E-state index contributed by atoms with van der Waals surface area (Å²) >= 11 is 5.90. The topological polar surface area (TPSA) is 60.2 Å². The third kappa shape index (κ3) is 3.32. The van der Waals surface area contributed by atoms with Gasteiger partial charge in [-0.1, -0.05) is 29.8 Å².